The lowest BCUT2D eigenvalue weighted by atomic mass is 10.1. The number of rotatable bonds is 9. The van der Waals surface area contributed by atoms with Crippen molar-refractivity contribution in [3.63, 3.8) is 0 Å². The lowest BCUT2D eigenvalue weighted by Gasteiger charge is -2.22. The zero-order chi connectivity index (χ0) is 22.4. The second-order valence-corrected chi connectivity index (χ2v) is 8.48. The Morgan fingerprint density at radius 2 is 1.87 bits per heavy atom. The molecular formula is C21H20N2O7S. The normalized spacial score (nSPS) is 11.1. The molecule has 1 heterocycles. The Balaban J connectivity index is 1.89. The molecule has 0 atom stereocenters. The number of benzene rings is 2. The minimum atomic E-state index is -3.69. The van der Waals surface area contributed by atoms with Crippen LogP contribution in [0.2, 0.25) is 0 Å². The van der Waals surface area contributed by atoms with Gasteiger partial charge in [-0.25, -0.2) is 0 Å². The van der Waals surface area contributed by atoms with Gasteiger partial charge in [-0.15, -0.1) is 0 Å². The van der Waals surface area contributed by atoms with Gasteiger partial charge in [0.1, 0.15) is 11.5 Å². The standard InChI is InChI=1S/C21H20N2O7S/c1-2-31(27,28)30-19-9-3-6-16(12-19)14-22(15-20-10-5-11-29-20)21(24)17-7-4-8-18(13-17)23(25)26/h3-13H,2,14-15H2,1H3. The van der Waals surface area contributed by atoms with Crippen molar-refractivity contribution in [2.75, 3.05) is 5.75 Å². The molecule has 3 rings (SSSR count). The van der Waals surface area contributed by atoms with Crippen LogP contribution in [-0.2, 0) is 23.2 Å². The molecular weight excluding hydrogens is 424 g/mol. The lowest BCUT2D eigenvalue weighted by Crippen LogP contribution is -2.30. The number of non-ortho nitro benzene ring substituents is 1. The molecule has 0 aliphatic carbocycles. The molecule has 0 unspecified atom stereocenters. The molecule has 0 aliphatic rings. The highest BCUT2D eigenvalue weighted by Gasteiger charge is 2.20. The highest BCUT2D eigenvalue weighted by Crippen LogP contribution is 2.21. The predicted octanol–water partition coefficient (Wildman–Crippen LogP) is 3.76. The molecule has 0 N–H and O–H groups in total. The molecule has 0 saturated heterocycles. The molecule has 2 aromatic carbocycles. The molecule has 1 amide bonds. The Morgan fingerprint density at radius 3 is 2.55 bits per heavy atom. The maximum atomic E-state index is 13.1. The minimum absolute atomic E-state index is 0.103. The average Bonchev–Trinajstić information content (AvgIpc) is 3.26. The van der Waals surface area contributed by atoms with Gasteiger partial charge in [0, 0.05) is 24.2 Å². The zero-order valence-electron chi connectivity index (χ0n) is 16.6. The second kappa shape index (κ2) is 9.43. The molecule has 162 valence electrons. The lowest BCUT2D eigenvalue weighted by molar-refractivity contribution is -0.384. The molecule has 9 nitrogen and oxygen atoms in total. The molecule has 31 heavy (non-hydrogen) atoms. The van der Waals surface area contributed by atoms with E-state index in [1.807, 2.05) is 0 Å². The van der Waals surface area contributed by atoms with E-state index in [0.717, 1.165) is 0 Å². The Labute approximate surface area is 179 Å². The van der Waals surface area contributed by atoms with E-state index in [9.17, 15) is 23.3 Å². The van der Waals surface area contributed by atoms with Crippen molar-refractivity contribution in [2.24, 2.45) is 0 Å². The summed E-state index contributed by atoms with van der Waals surface area (Å²) in [7, 11) is -3.69. The molecule has 0 aliphatic heterocycles. The monoisotopic (exact) mass is 444 g/mol. The van der Waals surface area contributed by atoms with Crippen LogP contribution in [0, 0.1) is 10.1 Å². The highest BCUT2D eigenvalue weighted by atomic mass is 32.2. The van der Waals surface area contributed by atoms with Crippen molar-refractivity contribution < 1.29 is 26.7 Å². The fraction of sp³-hybridized carbons (Fsp3) is 0.190. The van der Waals surface area contributed by atoms with Crippen LogP contribution in [0.3, 0.4) is 0 Å². The topological polar surface area (TPSA) is 120 Å². The van der Waals surface area contributed by atoms with Gasteiger partial charge < -0.3 is 13.5 Å². The number of hydrogen-bond donors (Lipinski definition) is 0. The smallest absolute Gasteiger partial charge is 0.308 e. The maximum Gasteiger partial charge on any atom is 0.308 e. The van der Waals surface area contributed by atoms with E-state index in [1.54, 1.807) is 24.3 Å². The van der Waals surface area contributed by atoms with Crippen LogP contribution in [0.1, 0.15) is 28.6 Å². The fourth-order valence-electron chi connectivity index (χ4n) is 2.85. The van der Waals surface area contributed by atoms with Gasteiger partial charge in [0.05, 0.1) is 23.5 Å². The van der Waals surface area contributed by atoms with E-state index in [2.05, 4.69) is 0 Å². The molecule has 0 saturated carbocycles. The van der Waals surface area contributed by atoms with Crippen molar-refractivity contribution in [1.29, 1.82) is 0 Å². The molecule has 0 fully saturated rings. The summed E-state index contributed by atoms with van der Waals surface area (Å²) in [6.07, 6.45) is 1.48. The van der Waals surface area contributed by atoms with E-state index < -0.39 is 20.9 Å². The van der Waals surface area contributed by atoms with Gasteiger partial charge in [0.2, 0.25) is 0 Å². The average molecular weight is 444 g/mol. The molecule has 0 bridgehead atoms. The van der Waals surface area contributed by atoms with Crippen LogP contribution in [0.25, 0.3) is 0 Å². The number of hydrogen-bond acceptors (Lipinski definition) is 7. The Kier molecular flexibility index (Phi) is 6.71. The van der Waals surface area contributed by atoms with Crippen molar-refractivity contribution in [3.8, 4) is 5.75 Å². The summed E-state index contributed by atoms with van der Waals surface area (Å²) in [5.41, 5.74) is 0.583. The minimum Gasteiger partial charge on any atom is -0.467 e. The van der Waals surface area contributed by atoms with E-state index in [1.165, 1.54) is 54.5 Å². The Hall–Kier alpha value is -3.66. The van der Waals surface area contributed by atoms with Crippen LogP contribution in [0.15, 0.2) is 71.3 Å². The fourth-order valence-corrected chi connectivity index (χ4v) is 3.36. The summed E-state index contributed by atoms with van der Waals surface area (Å²) in [6, 6.07) is 15.3. The largest absolute Gasteiger partial charge is 0.467 e. The van der Waals surface area contributed by atoms with Crippen LogP contribution < -0.4 is 4.18 Å². The Morgan fingerprint density at radius 1 is 1.10 bits per heavy atom. The van der Waals surface area contributed by atoms with Crippen LogP contribution in [0.5, 0.6) is 5.75 Å². The second-order valence-electron chi connectivity index (χ2n) is 6.63. The third-order valence-corrected chi connectivity index (χ3v) is 5.52. The molecule has 10 heteroatoms. The van der Waals surface area contributed by atoms with Crippen molar-refractivity contribution in [1.82, 2.24) is 4.90 Å². The van der Waals surface area contributed by atoms with Crippen molar-refractivity contribution in [2.45, 2.75) is 20.0 Å². The summed E-state index contributed by atoms with van der Waals surface area (Å²) in [4.78, 5) is 25.1. The Bertz CT molecular complexity index is 1170. The first-order valence-corrected chi connectivity index (χ1v) is 10.9. The zero-order valence-corrected chi connectivity index (χ0v) is 17.4. The number of carbonyl (C=O) groups excluding carboxylic acids is 1. The van der Waals surface area contributed by atoms with E-state index in [0.29, 0.717) is 11.3 Å². The predicted molar refractivity (Wildman–Crippen MR) is 112 cm³/mol. The first-order valence-electron chi connectivity index (χ1n) is 9.34. The number of amides is 1. The third kappa shape index (κ3) is 5.92. The number of nitrogens with zero attached hydrogens (tertiary/aromatic N) is 2. The number of carbonyl (C=O) groups is 1. The van der Waals surface area contributed by atoms with Crippen LogP contribution in [-0.4, -0.2) is 29.9 Å². The highest BCUT2D eigenvalue weighted by molar-refractivity contribution is 7.87. The molecule has 0 spiro atoms. The quantitative estimate of drug-likeness (QED) is 0.280. The summed E-state index contributed by atoms with van der Waals surface area (Å²) in [6.45, 7) is 1.69. The van der Waals surface area contributed by atoms with E-state index >= 15 is 0 Å². The summed E-state index contributed by atoms with van der Waals surface area (Å²) < 4.78 is 33.9. The van der Waals surface area contributed by atoms with Gasteiger partial charge in [-0.3, -0.25) is 14.9 Å². The van der Waals surface area contributed by atoms with Gasteiger partial charge >= 0.3 is 10.1 Å². The number of nitro groups is 1. The van der Waals surface area contributed by atoms with Gasteiger partial charge in [0.25, 0.3) is 11.6 Å². The molecule has 1 aromatic heterocycles. The third-order valence-electron chi connectivity index (χ3n) is 4.37. The molecule has 0 radical (unpaired) electrons. The SMILES string of the molecule is CCS(=O)(=O)Oc1cccc(CN(Cc2ccco2)C(=O)c2cccc([N+](=O)[O-])c2)c1. The van der Waals surface area contributed by atoms with E-state index in [4.69, 9.17) is 8.60 Å². The summed E-state index contributed by atoms with van der Waals surface area (Å²) >= 11 is 0. The first-order chi connectivity index (χ1) is 14.8. The summed E-state index contributed by atoms with van der Waals surface area (Å²) in [5.74, 6) is 0.0556. The maximum absolute atomic E-state index is 13.1. The van der Waals surface area contributed by atoms with Crippen LogP contribution in [0.4, 0.5) is 5.69 Å². The van der Waals surface area contributed by atoms with Gasteiger partial charge in [-0.1, -0.05) is 18.2 Å². The number of furan rings is 1. The van der Waals surface area contributed by atoms with Crippen molar-refractivity contribution >= 4 is 21.7 Å². The van der Waals surface area contributed by atoms with Crippen LogP contribution >= 0.6 is 0 Å². The van der Waals surface area contributed by atoms with Gasteiger partial charge in [-0.2, -0.15) is 8.42 Å². The van der Waals surface area contributed by atoms with Gasteiger partial charge in [-0.05, 0) is 42.8 Å². The summed E-state index contributed by atoms with van der Waals surface area (Å²) in [5, 5.41) is 11.1. The van der Waals surface area contributed by atoms with E-state index in [-0.39, 0.29) is 35.8 Å². The van der Waals surface area contributed by atoms with Gasteiger partial charge in [0.15, 0.2) is 0 Å². The number of nitro benzene ring substituents is 1. The van der Waals surface area contributed by atoms with Crippen molar-refractivity contribution in [3.05, 3.63) is 93.9 Å². The molecule has 3 aromatic rings. The first kappa shape index (κ1) is 22.0.